The average molecular weight is 82.1 g/mol. The molecule has 4 heteroatoms. The van der Waals surface area contributed by atoms with Gasteiger partial charge in [-0.15, -0.1) is 0 Å². The first-order chi connectivity index (χ1) is 2.41. The summed E-state index contributed by atoms with van der Waals surface area (Å²) >= 11 is 0. The maximum absolute atomic E-state index is 9.50. The highest BCUT2D eigenvalue weighted by molar-refractivity contribution is 3.23. The third kappa shape index (κ3) is 346. The third-order valence-corrected chi connectivity index (χ3v) is 0. The first-order valence-corrected chi connectivity index (χ1v) is 0.849. The van der Waals surface area contributed by atoms with Crippen molar-refractivity contribution >= 4 is 0 Å². The molecule has 4 N–H and O–H groups in total. The van der Waals surface area contributed by atoms with E-state index in [4.69, 9.17) is 0 Å². The summed E-state index contributed by atoms with van der Waals surface area (Å²) < 4.78 is 9.50. The Balaban J connectivity index is 0. The van der Waals surface area contributed by atoms with Crippen LogP contribution in [0, 0.1) is 0 Å². The van der Waals surface area contributed by atoms with Crippen LogP contribution in [0.1, 0.15) is 0 Å². The molecule has 0 aliphatic carbocycles. The van der Waals surface area contributed by atoms with Crippen LogP contribution in [-0.4, -0.2) is 7.18 Å². The van der Waals surface area contributed by atoms with Gasteiger partial charge in [0.1, 0.15) is 0 Å². The fourth-order valence-corrected chi connectivity index (χ4v) is 0. The standard InChI is InChI=1S/CH3F.H4N2O/c1-2;1-3-2/h1H3;1-2H2. The molecule has 34 valence electrons. The number of hydrogen-bond donors (Lipinski definition) is 2. The van der Waals surface area contributed by atoms with Crippen LogP contribution in [0.3, 0.4) is 0 Å². The van der Waals surface area contributed by atoms with Gasteiger partial charge in [-0.3, -0.25) is 4.39 Å². The molecule has 0 aromatic heterocycles. The molecule has 0 bridgehead atoms. The second-order valence-corrected chi connectivity index (χ2v) is 0.136. The molecule has 0 fully saturated rings. The molecular weight excluding hydrogens is 75.0 g/mol. The van der Waals surface area contributed by atoms with Gasteiger partial charge in [0.05, 0.1) is 7.18 Å². The van der Waals surface area contributed by atoms with Crippen LogP contribution >= 0.6 is 0 Å². The summed E-state index contributed by atoms with van der Waals surface area (Å²) in [5.41, 5.74) is 0. The molecule has 0 atom stereocenters. The van der Waals surface area contributed by atoms with Crippen molar-refractivity contribution in [3.63, 3.8) is 0 Å². The van der Waals surface area contributed by atoms with Crippen molar-refractivity contribution in [2.24, 2.45) is 11.8 Å². The molecule has 0 amide bonds. The molecule has 0 rings (SSSR count). The van der Waals surface area contributed by atoms with E-state index in [0.29, 0.717) is 7.18 Å². The molecule has 0 aromatic carbocycles. The Morgan fingerprint density at radius 1 is 1.40 bits per heavy atom. The van der Waals surface area contributed by atoms with Crippen LogP contribution in [0.2, 0.25) is 0 Å². The lowest BCUT2D eigenvalue weighted by molar-refractivity contribution is 0.142. The number of hydrogen-bond acceptors (Lipinski definition) is 3. The molecule has 0 radical (unpaired) electrons. The lowest BCUT2D eigenvalue weighted by atomic mass is 11.9. The van der Waals surface area contributed by atoms with Crippen LogP contribution < -0.4 is 11.8 Å². The van der Waals surface area contributed by atoms with Crippen LogP contribution in [-0.2, 0) is 4.94 Å². The Morgan fingerprint density at radius 3 is 1.40 bits per heavy atom. The van der Waals surface area contributed by atoms with Gasteiger partial charge in [-0.25, -0.2) is 4.94 Å². The highest BCUT2D eigenvalue weighted by Crippen LogP contribution is 1.16. The van der Waals surface area contributed by atoms with E-state index in [-0.39, 0.29) is 0 Å². The van der Waals surface area contributed by atoms with Gasteiger partial charge in [0.2, 0.25) is 0 Å². The van der Waals surface area contributed by atoms with Crippen molar-refractivity contribution < 1.29 is 9.33 Å². The van der Waals surface area contributed by atoms with Crippen LogP contribution in [0.15, 0.2) is 0 Å². The van der Waals surface area contributed by atoms with Gasteiger partial charge in [-0.05, 0) is 0 Å². The Labute approximate surface area is 29.6 Å². The Bertz CT molecular complexity index is 9.61. The summed E-state index contributed by atoms with van der Waals surface area (Å²) in [6, 6.07) is 0. The van der Waals surface area contributed by atoms with Crippen molar-refractivity contribution in [1.29, 1.82) is 0 Å². The quantitative estimate of drug-likeness (QED) is 0.381. The van der Waals surface area contributed by atoms with Crippen LogP contribution in [0.4, 0.5) is 4.39 Å². The molecule has 0 unspecified atom stereocenters. The normalized spacial score (nSPS) is 4.80. The highest BCUT2D eigenvalue weighted by atomic mass is 19.1. The summed E-state index contributed by atoms with van der Waals surface area (Å²) in [6.45, 7) is 0. The van der Waals surface area contributed by atoms with E-state index in [1.807, 2.05) is 0 Å². The number of halogens is 1. The predicted molar refractivity (Wildman–Crippen MR) is 16.5 cm³/mol. The molecule has 0 aromatic rings. The monoisotopic (exact) mass is 82.1 g/mol. The fourth-order valence-electron chi connectivity index (χ4n) is 0. The Hall–Kier alpha value is -0.190. The lowest BCUT2D eigenvalue weighted by Gasteiger charge is -1.62. The molecule has 0 aliphatic rings. The van der Waals surface area contributed by atoms with Gasteiger partial charge in [-0.1, -0.05) is 0 Å². The number of alkyl halides is 1. The first kappa shape index (κ1) is 8.84. The van der Waals surface area contributed by atoms with Crippen molar-refractivity contribution in [3.8, 4) is 0 Å². The summed E-state index contributed by atoms with van der Waals surface area (Å²) in [5, 5.41) is 0. The minimum Gasteiger partial charge on any atom is -0.255 e. The van der Waals surface area contributed by atoms with Gasteiger partial charge in [-0.2, -0.15) is 11.8 Å². The highest BCUT2D eigenvalue weighted by Gasteiger charge is 1.21. The van der Waals surface area contributed by atoms with Crippen LogP contribution in [0.5, 0.6) is 0 Å². The zero-order chi connectivity index (χ0) is 4.71. The summed E-state index contributed by atoms with van der Waals surface area (Å²) in [5.74, 6) is 8.25. The largest absolute Gasteiger partial charge is 0.255 e. The van der Waals surface area contributed by atoms with Gasteiger partial charge >= 0.3 is 0 Å². The van der Waals surface area contributed by atoms with E-state index in [1.54, 1.807) is 0 Å². The predicted octanol–water partition coefficient (Wildman–Crippen LogP) is -0.664. The number of rotatable bonds is 0. The van der Waals surface area contributed by atoms with E-state index in [0.717, 1.165) is 0 Å². The molecule has 0 heterocycles. The maximum Gasteiger partial charge on any atom is 0.0785 e. The topological polar surface area (TPSA) is 61.3 Å². The van der Waals surface area contributed by atoms with Gasteiger partial charge in [0.25, 0.3) is 0 Å². The minimum absolute atomic E-state index is 0.500. The van der Waals surface area contributed by atoms with Crippen molar-refractivity contribution in [2.75, 3.05) is 7.18 Å². The molecule has 5 heavy (non-hydrogen) atoms. The van der Waals surface area contributed by atoms with E-state index in [2.05, 4.69) is 16.7 Å². The van der Waals surface area contributed by atoms with E-state index >= 15 is 0 Å². The Morgan fingerprint density at radius 2 is 1.40 bits per heavy atom. The summed E-state index contributed by atoms with van der Waals surface area (Å²) in [4.78, 5) is 3.25. The fraction of sp³-hybridized carbons (Fsp3) is 1.00. The average Bonchev–Trinajstić information content (AvgIpc) is 1.46. The zero-order valence-corrected chi connectivity index (χ0v) is 2.94. The smallest absolute Gasteiger partial charge is 0.0785 e. The SMILES string of the molecule is CF.NON. The van der Waals surface area contributed by atoms with Crippen molar-refractivity contribution in [3.05, 3.63) is 0 Å². The van der Waals surface area contributed by atoms with Crippen molar-refractivity contribution in [1.82, 2.24) is 0 Å². The second-order valence-electron chi connectivity index (χ2n) is 0.136. The molecule has 0 saturated heterocycles. The van der Waals surface area contributed by atoms with Gasteiger partial charge < -0.3 is 0 Å². The summed E-state index contributed by atoms with van der Waals surface area (Å²) in [7, 11) is 0.500. The lowest BCUT2D eigenvalue weighted by Crippen LogP contribution is -2.03. The van der Waals surface area contributed by atoms with E-state index < -0.39 is 0 Å². The van der Waals surface area contributed by atoms with E-state index in [1.165, 1.54) is 0 Å². The van der Waals surface area contributed by atoms with Crippen molar-refractivity contribution in [2.45, 2.75) is 0 Å². The maximum atomic E-state index is 9.50. The van der Waals surface area contributed by atoms with Gasteiger partial charge in [0, 0.05) is 0 Å². The minimum atomic E-state index is 0.500. The number of nitrogens with two attached hydrogens (primary N) is 2. The molecule has 3 nitrogen and oxygen atoms in total. The second kappa shape index (κ2) is 45.9. The Kier molecular flexibility index (Phi) is 81.1. The van der Waals surface area contributed by atoms with Crippen LogP contribution in [0.25, 0.3) is 0 Å². The molecule has 0 spiro atoms. The first-order valence-electron chi connectivity index (χ1n) is 0.849. The molecule has 0 saturated carbocycles. The van der Waals surface area contributed by atoms with E-state index in [9.17, 15) is 4.39 Å². The zero-order valence-electron chi connectivity index (χ0n) is 2.94. The molecule has 0 aliphatic heterocycles. The van der Waals surface area contributed by atoms with Gasteiger partial charge in [0.15, 0.2) is 0 Å². The summed E-state index contributed by atoms with van der Waals surface area (Å²) in [6.07, 6.45) is 0. The molecular formula is CH7FN2O. The third-order valence-electron chi connectivity index (χ3n) is 0.